The summed E-state index contributed by atoms with van der Waals surface area (Å²) in [5.41, 5.74) is 0. The zero-order chi connectivity index (χ0) is 9.97. The van der Waals surface area contributed by atoms with E-state index in [1.807, 2.05) is 11.0 Å². The topological polar surface area (TPSA) is 20.3 Å². The molecule has 0 saturated carbocycles. The molecule has 1 aliphatic heterocycles. The van der Waals surface area contributed by atoms with Crippen LogP contribution in [0.15, 0.2) is 17.5 Å². The van der Waals surface area contributed by atoms with Crippen molar-refractivity contribution in [3.63, 3.8) is 0 Å². The van der Waals surface area contributed by atoms with Gasteiger partial charge < -0.3 is 4.90 Å². The molecule has 1 aromatic heterocycles. The first kappa shape index (κ1) is 9.71. The third-order valence-corrected chi connectivity index (χ3v) is 3.83. The summed E-state index contributed by atoms with van der Waals surface area (Å²) >= 11 is 1.73. The van der Waals surface area contributed by atoms with Crippen LogP contribution in [0.1, 0.15) is 37.1 Å². The molecule has 0 spiro atoms. The highest BCUT2D eigenvalue weighted by molar-refractivity contribution is 7.10. The molecule has 3 heteroatoms. The standard InChI is InChI=1S/C11H15NOS/c1-9(10-5-4-8-14-10)12-7-3-2-6-11(12)13/h4-5,8-9H,2-3,6-7H2,1H3. The van der Waals surface area contributed by atoms with Crippen LogP contribution in [0.5, 0.6) is 0 Å². The van der Waals surface area contributed by atoms with Crippen molar-refractivity contribution in [1.29, 1.82) is 0 Å². The van der Waals surface area contributed by atoms with Crippen molar-refractivity contribution in [2.75, 3.05) is 6.54 Å². The molecule has 14 heavy (non-hydrogen) atoms. The molecule has 1 aromatic rings. The Kier molecular flexibility index (Phi) is 2.87. The van der Waals surface area contributed by atoms with Gasteiger partial charge in [-0.2, -0.15) is 0 Å². The lowest BCUT2D eigenvalue weighted by Crippen LogP contribution is -2.36. The molecule has 2 nitrogen and oxygen atoms in total. The molecule has 0 aliphatic carbocycles. The highest BCUT2D eigenvalue weighted by Gasteiger charge is 2.24. The maximum Gasteiger partial charge on any atom is 0.223 e. The van der Waals surface area contributed by atoms with Crippen LogP contribution in [-0.4, -0.2) is 17.4 Å². The number of piperidine rings is 1. The lowest BCUT2D eigenvalue weighted by molar-refractivity contribution is -0.135. The van der Waals surface area contributed by atoms with Crippen LogP contribution < -0.4 is 0 Å². The number of hydrogen-bond donors (Lipinski definition) is 0. The van der Waals surface area contributed by atoms with E-state index in [1.54, 1.807) is 11.3 Å². The number of rotatable bonds is 2. The van der Waals surface area contributed by atoms with Crippen molar-refractivity contribution >= 4 is 17.2 Å². The van der Waals surface area contributed by atoms with Crippen LogP contribution in [0.2, 0.25) is 0 Å². The molecule has 1 fully saturated rings. The molecule has 2 heterocycles. The minimum atomic E-state index is 0.266. The van der Waals surface area contributed by atoms with E-state index in [4.69, 9.17) is 0 Å². The Bertz CT molecular complexity index is 307. The summed E-state index contributed by atoms with van der Waals surface area (Å²) in [4.78, 5) is 15.0. The van der Waals surface area contributed by atoms with Crippen molar-refractivity contribution < 1.29 is 4.79 Å². The SMILES string of the molecule is CC(c1cccs1)N1CCCCC1=O. The van der Waals surface area contributed by atoms with Crippen molar-refractivity contribution in [3.8, 4) is 0 Å². The summed E-state index contributed by atoms with van der Waals surface area (Å²) in [6.07, 6.45) is 2.95. The average molecular weight is 209 g/mol. The molecule has 2 rings (SSSR count). The second-order valence-electron chi connectivity index (χ2n) is 3.74. The first-order valence-corrected chi connectivity index (χ1v) is 6.00. The Hall–Kier alpha value is -0.830. The molecule has 1 atom stereocenters. The maximum atomic E-state index is 11.7. The summed E-state index contributed by atoms with van der Waals surface area (Å²) in [5, 5.41) is 2.07. The minimum absolute atomic E-state index is 0.266. The van der Waals surface area contributed by atoms with E-state index in [0.29, 0.717) is 5.91 Å². The predicted octanol–water partition coefficient (Wildman–Crippen LogP) is 2.82. The normalized spacial score (nSPS) is 19.8. The predicted molar refractivity (Wildman–Crippen MR) is 58.3 cm³/mol. The summed E-state index contributed by atoms with van der Waals surface area (Å²) in [6.45, 7) is 3.05. The zero-order valence-electron chi connectivity index (χ0n) is 8.40. The number of carbonyl (C=O) groups is 1. The van der Waals surface area contributed by atoms with Gasteiger partial charge in [0.25, 0.3) is 0 Å². The number of thiophene rings is 1. The molecule has 0 N–H and O–H groups in total. The Balaban J connectivity index is 2.10. The zero-order valence-corrected chi connectivity index (χ0v) is 9.22. The molecular weight excluding hydrogens is 194 g/mol. The van der Waals surface area contributed by atoms with E-state index in [1.165, 1.54) is 4.88 Å². The van der Waals surface area contributed by atoms with Gasteiger partial charge in [0.1, 0.15) is 0 Å². The number of hydrogen-bond acceptors (Lipinski definition) is 2. The second-order valence-corrected chi connectivity index (χ2v) is 4.71. The van der Waals surface area contributed by atoms with Gasteiger partial charge in [0, 0.05) is 17.8 Å². The van der Waals surface area contributed by atoms with Gasteiger partial charge in [-0.05, 0) is 31.2 Å². The smallest absolute Gasteiger partial charge is 0.223 e. The fourth-order valence-electron chi connectivity index (χ4n) is 1.92. The van der Waals surface area contributed by atoms with Crippen LogP contribution in [0, 0.1) is 0 Å². The maximum absolute atomic E-state index is 11.7. The quantitative estimate of drug-likeness (QED) is 0.733. The Morgan fingerprint density at radius 2 is 2.36 bits per heavy atom. The van der Waals surface area contributed by atoms with E-state index in [0.717, 1.165) is 25.8 Å². The summed E-state index contributed by atoms with van der Waals surface area (Å²) in [7, 11) is 0. The van der Waals surface area contributed by atoms with Crippen LogP contribution in [0.3, 0.4) is 0 Å². The fraction of sp³-hybridized carbons (Fsp3) is 0.545. The Labute approximate surface area is 88.5 Å². The van der Waals surface area contributed by atoms with Gasteiger partial charge in [-0.1, -0.05) is 6.07 Å². The fourth-order valence-corrected chi connectivity index (χ4v) is 2.71. The molecule has 0 radical (unpaired) electrons. The van der Waals surface area contributed by atoms with Crippen LogP contribution in [0.25, 0.3) is 0 Å². The lowest BCUT2D eigenvalue weighted by Gasteiger charge is -2.31. The highest BCUT2D eigenvalue weighted by Crippen LogP contribution is 2.27. The molecule has 1 aliphatic rings. The minimum Gasteiger partial charge on any atom is -0.335 e. The van der Waals surface area contributed by atoms with Gasteiger partial charge in [-0.3, -0.25) is 4.79 Å². The summed E-state index contributed by atoms with van der Waals surface area (Å²) < 4.78 is 0. The molecule has 1 saturated heterocycles. The molecular formula is C11H15NOS. The molecule has 1 amide bonds. The van der Waals surface area contributed by atoms with Gasteiger partial charge in [0.05, 0.1) is 6.04 Å². The van der Waals surface area contributed by atoms with E-state index < -0.39 is 0 Å². The van der Waals surface area contributed by atoms with Gasteiger partial charge in [0.15, 0.2) is 0 Å². The van der Waals surface area contributed by atoms with Crippen LogP contribution in [0.4, 0.5) is 0 Å². The highest BCUT2D eigenvalue weighted by atomic mass is 32.1. The summed E-state index contributed by atoms with van der Waals surface area (Å²) in [6, 6.07) is 4.42. The van der Waals surface area contributed by atoms with Gasteiger partial charge in [0.2, 0.25) is 5.91 Å². The monoisotopic (exact) mass is 209 g/mol. The van der Waals surface area contributed by atoms with E-state index in [-0.39, 0.29) is 6.04 Å². The Morgan fingerprint density at radius 1 is 1.50 bits per heavy atom. The second kappa shape index (κ2) is 4.13. The third-order valence-electron chi connectivity index (χ3n) is 2.78. The lowest BCUT2D eigenvalue weighted by atomic mass is 10.1. The van der Waals surface area contributed by atoms with E-state index >= 15 is 0 Å². The number of amides is 1. The number of nitrogens with zero attached hydrogens (tertiary/aromatic N) is 1. The molecule has 0 bridgehead atoms. The molecule has 1 unspecified atom stereocenters. The number of carbonyl (C=O) groups excluding carboxylic acids is 1. The van der Waals surface area contributed by atoms with Gasteiger partial charge in [-0.25, -0.2) is 0 Å². The molecule has 0 aromatic carbocycles. The summed E-state index contributed by atoms with van der Waals surface area (Å²) in [5.74, 6) is 0.317. The van der Waals surface area contributed by atoms with E-state index in [9.17, 15) is 4.79 Å². The van der Waals surface area contributed by atoms with Gasteiger partial charge in [-0.15, -0.1) is 11.3 Å². The van der Waals surface area contributed by atoms with Gasteiger partial charge >= 0.3 is 0 Å². The van der Waals surface area contributed by atoms with Crippen LogP contribution in [-0.2, 0) is 4.79 Å². The average Bonchev–Trinajstić information content (AvgIpc) is 2.70. The van der Waals surface area contributed by atoms with Crippen molar-refractivity contribution in [2.45, 2.75) is 32.2 Å². The van der Waals surface area contributed by atoms with Crippen molar-refractivity contribution in [1.82, 2.24) is 4.90 Å². The first-order chi connectivity index (χ1) is 6.79. The van der Waals surface area contributed by atoms with E-state index in [2.05, 4.69) is 18.4 Å². The number of likely N-dealkylation sites (tertiary alicyclic amines) is 1. The van der Waals surface area contributed by atoms with Crippen molar-refractivity contribution in [2.24, 2.45) is 0 Å². The third kappa shape index (κ3) is 1.82. The van der Waals surface area contributed by atoms with Crippen molar-refractivity contribution in [3.05, 3.63) is 22.4 Å². The van der Waals surface area contributed by atoms with Crippen LogP contribution >= 0.6 is 11.3 Å². The first-order valence-electron chi connectivity index (χ1n) is 5.12. The molecule has 76 valence electrons. The Morgan fingerprint density at radius 3 is 3.00 bits per heavy atom. The largest absolute Gasteiger partial charge is 0.335 e.